The molecule has 1 nitrogen and oxygen atoms in total. The van der Waals surface area contributed by atoms with Gasteiger partial charge in [-0.05, 0) is 16.2 Å². The minimum Gasteiger partial charge on any atom is -0.307 e. The van der Waals surface area contributed by atoms with Crippen LogP contribution in [0.4, 0.5) is 4.11 Å². The van der Waals surface area contributed by atoms with Gasteiger partial charge in [0.1, 0.15) is 0 Å². The summed E-state index contributed by atoms with van der Waals surface area (Å²) in [5.41, 5.74) is 1.76. The number of aliphatic imine (C=N–C) groups is 1. The van der Waals surface area contributed by atoms with Crippen molar-refractivity contribution in [3.05, 3.63) is 11.8 Å². The molecule has 0 fully saturated rings. The molecule has 0 saturated carbocycles. The van der Waals surface area contributed by atoms with Gasteiger partial charge >= 0.3 is 0 Å². The molecule has 0 aliphatic rings. The summed E-state index contributed by atoms with van der Waals surface area (Å²) in [5, 5.41) is -0.577. The highest BCUT2D eigenvalue weighted by Crippen LogP contribution is 2.52. The smallest absolute Gasteiger partial charge is 0.281 e. The number of rotatable bonds is 2. The molecule has 0 radical (unpaired) electrons. The summed E-state index contributed by atoms with van der Waals surface area (Å²) >= 11 is 0. The molecular formula is C12H24FNSi. The van der Waals surface area contributed by atoms with Gasteiger partial charge in [0.05, 0.1) is 0 Å². The maximum Gasteiger partial charge on any atom is 0.281 e. The van der Waals surface area contributed by atoms with E-state index in [1.54, 1.807) is 25.0 Å². The van der Waals surface area contributed by atoms with Crippen molar-refractivity contribution in [2.75, 3.05) is 7.05 Å². The van der Waals surface area contributed by atoms with Crippen molar-refractivity contribution in [2.45, 2.75) is 51.6 Å². The molecule has 0 aliphatic heterocycles. The first-order valence-electron chi connectivity index (χ1n) is 5.35. The van der Waals surface area contributed by atoms with Gasteiger partial charge in [0.15, 0.2) is 0 Å². The van der Waals surface area contributed by atoms with E-state index in [2.05, 4.69) is 4.99 Å². The second-order valence-electron chi connectivity index (χ2n) is 5.98. The Morgan fingerprint density at radius 1 is 1.00 bits per heavy atom. The van der Waals surface area contributed by atoms with E-state index in [9.17, 15) is 0 Å². The van der Waals surface area contributed by atoms with E-state index in [1.165, 1.54) is 0 Å². The van der Waals surface area contributed by atoms with E-state index in [0.29, 0.717) is 0 Å². The number of hydrogen-bond donors (Lipinski definition) is 0. The number of hydrogen-bond acceptors (Lipinski definition) is 1. The van der Waals surface area contributed by atoms with Gasteiger partial charge < -0.3 is 4.11 Å². The Balaban J connectivity index is 5.24. The van der Waals surface area contributed by atoms with Crippen LogP contribution in [-0.4, -0.2) is 21.7 Å². The van der Waals surface area contributed by atoms with Crippen LogP contribution in [0.2, 0.25) is 10.1 Å². The highest BCUT2D eigenvalue weighted by atomic mass is 28.4. The van der Waals surface area contributed by atoms with Gasteiger partial charge in [0, 0.05) is 13.3 Å². The number of halogens is 1. The first-order chi connectivity index (χ1) is 6.56. The van der Waals surface area contributed by atoms with Crippen molar-refractivity contribution in [2.24, 2.45) is 4.99 Å². The Bertz CT molecular complexity index is 242. The Kier molecular flexibility index (Phi) is 4.46. The van der Waals surface area contributed by atoms with Crippen molar-refractivity contribution in [3.8, 4) is 0 Å². The van der Waals surface area contributed by atoms with Crippen LogP contribution in [0.5, 0.6) is 0 Å². The predicted octanol–water partition coefficient (Wildman–Crippen LogP) is 4.30. The molecule has 15 heavy (non-hydrogen) atoms. The van der Waals surface area contributed by atoms with Gasteiger partial charge in [-0.2, -0.15) is 0 Å². The van der Waals surface area contributed by atoms with Crippen LogP contribution < -0.4 is 0 Å². The monoisotopic (exact) mass is 229 g/mol. The fourth-order valence-corrected chi connectivity index (χ4v) is 5.49. The SMILES string of the molecule is CN=C/C=C/[Si](F)(C(C)(C)C)C(C)(C)C. The van der Waals surface area contributed by atoms with Crippen molar-refractivity contribution in [1.29, 1.82) is 0 Å². The lowest BCUT2D eigenvalue weighted by Gasteiger charge is -2.42. The van der Waals surface area contributed by atoms with Crippen molar-refractivity contribution < 1.29 is 4.11 Å². The number of allylic oxidation sites excluding steroid dienone is 1. The highest BCUT2D eigenvalue weighted by molar-refractivity contribution is 6.83. The number of nitrogens with zero attached hydrogens (tertiary/aromatic N) is 1. The van der Waals surface area contributed by atoms with Crippen LogP contribution in [0, 0.1) is 0 Å². The van der Waals surface area contributed by atoms with E-state index in [1.807, 2.05) is 41.5 Å². The molecule has 0 amide bonds. The van der Waals surface area contributed by atoms with E-state index < -0.39 is 8.41 Å². The van der Waals surface area contributed by atoms with E-state index >= 15 is 4.11 Å². The Labute approximate surface area is 94.7 Å². The molecule has 0 aromatic carbocycles. The summed E-state index contributed by atoms with van der Waals surface area (Å²) < 4.78 is 15.1. The van der Waals surface area contributed by atoms with Gasteiger partial charge in [0.25, 0.3) is 8.41 Å². The second-order valence-corrected chi connectivity index (χ2v) is 10.7. The average Bonchev–Trinajstić information content (AvgIpc) is 2.00. The standard InChI is InChI=1S/C12H24FNSi/c1-11(2,3)15(13,12(4,5)6)10-8-9-14-7/h8-10H,1-7H3/b10-8+,14-9?. The van der Waals surface area contributed by atoms with Crippen molar-refractivity contribution in [3.63, 3.8) is 0 Å². The van der Waals surface area contributed by atoms with Gasteiger partial charge in [0.2, 0.25) is 0 Å². The molecule has 0 spiro atoms. The molecule has 0 aliphatic carbocycles. The third-order valence-corrected chi connectivity index (χ3v) is 7.76. The Hall–Kier alpha value is -0.443. The Morgan fingerprint density at radius 3 is 1.67 bits per heavy atom. The minimum absolute atomic E-state index is 0.288. The summed E-state index contributed by atoms with van der Waals surface area (Å²) in [6, 6.07) is 0. The second kappa shape index (κ2) is 4.60. The van der Waals surface area contributed by atoms with Crippen LogP contribution in [-0.2, 0) is 0 Å². The molecule has 0 unspecified atom stereocenters. The first kappa shape index (κ1) is 14.6. The molecular weight excluding hydrogens is 205 g/mol. The maximum absolute atomic E-state index is 15.1. The molecule has 3 heteroatoms. The average molecular weight is 229 g/mol. The summed E-state index contributed by atoms with van der Waals surface area (Å²) in [5.74, 6) is 0. The lowest BCUT2D eigenvalue weighted by molar-refractivity contribution is 0.533. The quantitative estimate of drug-likeness (QED) is 0.380. The lowest BCUT2D eigenvalue weighted by atomic mass is 10.2. The molecule has 0 aromatic heterocycles. The highest BCUT2D eigenvalue weighted by Gasteiger charge is 2.53. The normalized spacial score (nSPS) is 15.5. The van der Waals surface area contributed by atoms with Crippen LogP contribution >= 0.6 is 0 Å². The third kappa shape index (κ3) is 3.26. The maximum atomic E-state index is 15.1. The van der Waals surface area contributed by atoms with Gasteiger partial charge in [-0.1, -0.05) is 47.2 Å². The zero-order valence-corrected chi connectivity index (χ0v) is 12.1. The van der Waals surface area contributed by atoms with Crippen molar-refractivity contribution >= 4 is 14.6 Å². The molecule has 0 saturated heterocycles. The van der Waals surface area contributed by atoms with Gasteiger partial charge in [-0.3, -0.25) is 4.99 Å². The van der Waals surface area contributed by atoms with Crippen LogP contribution in [0.25, 0.3) is 0 Å². The fourth-order valence-electron chi connectivity index (χ4n) is 1.89. The zero-order valence-electron chi connectivity index (χ0n) is 11.1. The van der Waals surface area contributed by atoms with Crippen LogP contribution in [0.15, 0.2) is 16.8 Å². The molecule has 0 rings (SSSR count). The predicted molar refractivity (Wildman–Crippen MR) is 69.8 cm³/mol. The molecule has 0 N–H and O–H groups in total. The summed E-state index contributed by atoms with van der Waals surface area (Å²) in [4.78, 5) is 3.85. The van der Waals surface area contributed by atoms with E-state index in [-0.39, 0.29) is 10.1 Å². The molecule has 88 valence electrons. The molecule has 0 aromatic rings. The molecule has 0 bridgehead atoms. The Morgan fingerprint density at radius 2 is 1.40 bits per heavy atom. The van der Waals surface area contributed by atoms with E-state index in [0.717, 1.165) is 0 Å². The zero-order chi connectivity index (χ0) is 12.3. The van der Waals surface area contributed by atoms with Crippen LogP contribution in [0.3, 0.4) is 0 Å². The summed E-state index contributed by atoms with van der Waals surface area (Å²) in [6.07, 6.45) is 3.40. The topological polar surface area (TPSA) is 12.4 Å². The molecule has 0 atom stereocenters. The summed E-state index contributed by atoms with van der Waals surface area (Å²) in [6.45, 7) is 11.9. The molecule has 0 heterocycles. The van der Waals surface area contributed by atoms with Crippen molar-refractivity contribution in [1.82, 2.24) is 0 Å². The lowest BCUT2D eigenvalue weighted by Crippen LogP contribution is -2.46. The first-order valence-corrected chi connectivity index (χ1v) is 7.31. The van der Waals surface area contributed by atoms with Gasteiger partial charge in [-0.15, -0.1) is 0 Å². The minimum atomic E-state index is -2.96. The fraction of sp³-hybridized carbons (Fsp3) is 0.750. The van der Waals surface area contributed by atoms with Gasteiger partial charge in [-0.25, -0.2) is 0 Å². The van der Waals surface area contributed by atoms with E-state index in [4.69, 9.17) is 0 Å². The third-order valence-electron chi connectivity index (χ3n) is 2.74. The summed E-state index contributed by atoms with van der Waals surface area (Å²) in [7, 11) is -1.27. The van der Waals surface area contributed by atoms with Crippen LogP contribution in [0.1, 0.15) is 41.5 Å². The largest absolute Gasteiger partial charge is 0.307 e.